The molecule has 0 bridgehead atoms. The van der Waals surface area contributed by atoms with Gasteiger partial charge >= 0.3 is 5.97 Å². The fourth-order valence-electron chi connectivity index (χ4n) is 3.66. The summed E-state index contributed by atoms with van der Waals surface area (Å²) in [6.45, 7) is 10.5. The van der Waals surface area contributed by atoms with Crippen LogP contribution in [0.2, 0.25) is 0 Å². The van der Waals surface area contributed by atoms with E-state index in [2.05, 4.69) is 11.9 Å². The molecule has 2 aliphatic heterocycles. The second kappa shape index (κ2) is 10.9. The maximum Gasteiger partial charge on any atom is 0.338 e. The van der Waals surface area contributed by atoms with Crippen LogP contribution in [-0.4, -0.2) is 47.0 Å². The molecule has 0 radical (unpaired) electrons. The van der Waals surface area contributed by atoms with Gasteiger partial charge in [-0.3, -0.25) is 9.69 Å². The van der Waals surface area contributed by atoms with Gasteiger partial charge in [0.15, 0.2) is 16.7 Å². The molecule has 7 nitrogen and oxygen atoms in total. The highest BCUT2D eigenvalue weighted by Gasteiger charge is 2.42. The standard InChI is InChI=1S/C24H32N2O5S/c1-6-8-12-30-18-10-9-17(14-19(18)29-7-2)22-21(23(28)31-15(3)4)16(5)25-24-26(22)20(27)11-13-32-24/h9-10,14-15,22H,6-8,11-13H2,1-5H3. The van der Waals surface area contributed by atoms with E-state index in [9.17, 15) is 9.59 Å². The van der Waals surface area contributed by atoms with Gasteiger partial charge in [-0.1, -0.05) is 31.2 Å². The smallest absolute Gasteiger partial charge is 0.338 e. The second-order valence-electron chi connectivity index (χ2n) is 7.95. The first kappa shape index (κ1) is 24.2. The molecule has 0 spiro atoms. The first-order valence-electron chi connectivity index (χ1n) is 11.2. The number of unbranched alkanes of at least 4 members (excludes halogenated alkanes) is 1. The first-order chi connectivity index (χ1) is 15.4. The molecule has 0 saturated carbocycles. The van der Waals surface area contributed by atoms with Crippen LogP contribution in [0.25, 0.3) is 0 Å². The van der Waals surface area contributed by atoms with Crippen LogP contribution >= 0.6 is 11.8 Å². The van der Waals surface area contributed by atoms with Crippen molar-refractivity contribution in [2.45, 2.75) is 66.0 Å². The lowest BCUT2D eigenvalue weighted by Crippen LogP contribution is -2.46. The quantitative estimate of drug-likeness (QED) is 0.387. The minimum atomic E-state index is -0.627. The number of amides is 1. The van der Waals surface area contributed by atoms with Crippen molar-refractivity contribution in [2.24, 2.45) is 4.99 Å². The fourth-order valence-corrected chi connectivity index (χ4v) is 4.67. The number of hydrogen-bond acceptors (Lipinski definition) is 7. The lowest BCUT2D eigenvalue weighted by molar-refractivity contribution is -0.143. The number of nitrogens with zero attached hydrogens (tertiary/aromatic N) is 2. The number of allylic oxidation sites excluding steroid dienone is 1. The van der Waals surface area contributed by atoms with Gasteiger partial charge in [-0.25, -0.2) is 9.79 Å². The van der Waals surface area contributed by atoms with Crippen molar-refractivity contribution in [3.05, 3.63) is 35.0 Å². The van der Waals surface area contributed by atoms with Crippen LogP contribution in [0, 0.1) is 0 Å². The number of carbonyl (C=O) groups is 2. The number of esters is 1. The van der Waals surface area contributed by atoms with Gasteiger partial charge in [-0.15, -0.1) is 0 Å². The number of ether oxygens (including phenoxy) is 3. The van der Waals surface area contributed by atoms with Crippen molar-refractivity contribution in [1.29, 1.82) is 0 Å². The Morgan fingerprint density at radius 1 is 1.25 bits per heavy atom. The first-order valence-corrected chi connectivity index (χ1v) is 12.2. The zero-order valence-corrected chi connectivity index (χ0v) is 20.3. The number of fused-ring (bicyclic) bond motifs is 1. The molecular weight excluding hydrogens is 428 g/mol. The van der Waals surface area contributed by atoms with Crippen molar-refractivity contribution in [1.82, 2.24) is 4.90 Å². The van der Waals surface area contributed by atoms with Crippen molar-refractivity contribution in [3.8, 4) is 11.5 Å². The van der Waals surface area contributed by atoms with E-state index in [1.807, 2.05) is 25.1 Å². The normalized spacial score (nSPS) is 18.4. The van der Waals surface area contributed by atoms with Gasteiger partial charge in [0.1, 0.15) is 0 Å². The van der Waals surface area contributed by atoms with E-state index < -0.39 is 12.0 Å². The minimum absolute atomic E-state index is 0.0592. The highest BCUT2D eigenvalue weighted by atomic mass is 32.2. The van der Waals surface area contributed by atoms with E-state index in [0.29, 0.717) is 53.3 Å². The van der Waals surface area contributed by atoms with Crippen LogP contribution in [-0.2, 0) is 14.3 Å². The topological polar surface area (TPSA) is 77.4 Å². The molecule has 0 N–H and O–H groups in total. The van der Waals surface area contributed by atoms with Gasteiger partial charge in [0.25, 0.3) is 0 Å². The number of thioether (sulfide) groups is 1. The highest BCUT2D eigenvalue weighted by molar-refractivity contribution is 8.14. The van der Waals surface area contributed by atoms with E-state index >= 15 is 0 Å². The van der Waals surface area contributed by atoms with Gasteiger partial charge in [0, 0.05) is 12.2 Å². The summed E-state index contributed by atoms with van der Waals surface area (Å²) in [7, 11) is 0. The maximum atomic E-state index is 13.1. The van der Waals surface area contributed by atoms with E-state index in [1.54, 1.807) is 25.7 Å². The Morgan fingerprint density at radius 3 is 2.72 bits per heavy atom. The molecule has 32 heavy (non-hydrogen) atoms. The van der Waals surface area contributed by atoms with E-state index in [-0.39, 0.29) is 12.0 Å². The van der Waals surface area contributed by atoms with E-state index in [0.717, 1.165) is 18.4 Å². The average molecular weight is 461 g/mol. The number of hydrogen-bond donors (Lipinski definition) is 0. The number of aliphatic imine (C=N–C) groups is 1. The second-order valence-corrected chi connectivity index (χ2v) is 9.02. The molecule has 2 aliphatic rings. The molecule has 1 saturated heterocycles. The van der Waals surface area contributed by atoms with Crippen LogP contribution in [0.4, 0.5) is 0 Å². The minimum Gasteiger partial charge on any atom is -0.490 e. The van der Waals surface area contributed by atoms with Gasteiger partial charge in [0.2, 0.25) is 5.91 Å². The van der Waals surface area contributed by atoms with Gasteiger partial charge in [-0.05, 0) is 51.8 Å². The molecule has 1 aromatic rings. The Bertz CT molecular complexity index is 925. The Hall–Kier alpha value is -2.48. The Kier molecular flexibility index (Phi) is 8.23. The van der Waals surface area contributed by atoms with Crippen LogP contribution in [0.3, 0.4) is 0 Å². The third-order valence-electron chi connectivity index (χ3n) is 5.11. The van der Waals surface area contributed by atoms with Crippen molar-refractivity contribution < 1.29 is 23.8 Å². The summed E-state index contributed by atoms with van der Waals surface area (Å²) in [5.41, 5.74) is 1.70. The molecule has 1 unspecified atom stereocenters. The summed E-state index contributed by atoms with van der Waals surface area (Å²) >= 11 is 1.52. The summed E-state index contributed by atoms with van der Waals surface area (Å²) in [6, 6.07) is 4.97. The number of benzene rings is 1. The zero-order chi connectivity index (χ0) is 23.3. The molecule has 1 fully saturated rings. The van der Waals surface area contributed by atoms with Crippen LogP contribution < -0.4 is 9.47 Å². The monoisotopic (exact) mass is 460 g/mol. The number of rotatable bonds is 9. The molecule has 1 aromatic carbocycles. The van der Waals surface area contributed by atoms with Crippen LogP contribution in [0.5, 0.6) is 11.5 Å². The van der Waals surface area contributed by atoms with Crippen LogP contribution in [0.15, 0.2) is 34.5 Å². The summed E-state index contributed by atoms with van der Waals surface area (Å²) in [4.78, 5) is 32.2. The lowest BCUT2D eigenvalue weighted by Gasteiger charge is -2.39. The summed E-state index contributed by atoms with van der Waals surface area (Å²) < 4.78 is 17.3. The SMILES string of the molecule is CCCCOc1ccc(C2C(C(=O)OC(C)C)=C(C)N=C3SCCC(=O)N32)cc1OCC. The predicted octanol–water partition coefficient (Wildman–Crippen LogP) is 4.87. The Labute approximate surface area is 194 Å². The van der Waals surface area contributed by atoms with Crippen molar-refractivity contribution >= 4 is 28.8 Å². The van der Waals surface area contributed by atoms with E-state index in [1.165, 1.54) is 11.8 Å². The largest absolute Gasteiger partial charge is 0.490 e. The maximum absolute atomic E-state index is 13.1. The predicted molar refractivity (Wildman–Crippen MR) is 126 cm³/mol. The van der Waals surface area contributed by atoms with Crippen molar-refractivity contribution in [3.63, 3.8) is 0 Å². The molecular formula is C24H32N2O5S. The third kappa shape index (κ3) is 5.28. The average Bonchev–Trinajstić information content (AvgIpc) is 2.73. The third-order valence-corrected chi connectivity index (χ3v) is 6.06. The van der Waals surface area contributed by atoms with Gasteiger partial charge in [0.05, 0.1) is 36.6 Å². The lowest BCUT2D eigenvalue weighted by atomic mass is 9.93. The van der Waals surface area contributed by atoms with Crippen molar-refractivity contribution in [2.75, 3.05) is 19.0 Å². The summed E-state index contributed by atoms with van der Waals surface area (Å²) in [5.74, 6) is 1.40. The molecule has 0 aliphatic carbocycles. The highest BCUT2D eigenvalue weighted by Crippen LogP contribution is 2.42. The molecule has 1 atom stereocenters. The molecule has 8 heteroatoms. The zero-order valence-electron chi connectivity index (χ0n) is 19.5. The molecule has 2 heterocycles. The molecule has 3 rings (SSSR count). The molecule has 174 valence electrons. The van der Waals surface area contributed by atoms with E-state index in [4.69, 9.17) is 14.2 Å². The Balaban J connectivity index is 2.08. The molecule has 0 aromatic heterocycles. The van der Waals surface area contributed by atoms with Gasteiger partial charge in [-0.2, -0.15) is 0 Å². The Morgan fingerprint density at radius 2 is 2.03 bits per heavy atom. The van der Waals surface area contributed by atoms with Gasteiger partial charge < -0.3 is 14.2 Å². The number of carbonyl (C=O) groups excluding carboxylic acids is 2. The fraction of sp³-hybridized carbons (Fsp3) is 0.542. The number of amidine groups is 1. The summed E-state index contributed by atoms with van der Waals surface area (Å²) in [6.07, 6.45) is 2.09. The molecule has 1 amide bonds. The summed E-state index contributed by atoms with van der Waals surface area (Å²) in [5, 5.41) is 0.617. The van der Waals surface area contributed by atoms with Crippen LogP contribution in [0.1, 0.15) is 65.5 Å².